The Balaban J connectivity index is 2.75. The first-order chi connectivity index (χ1) is 14.5. The zero-order valence-corrected chi connectivity index (χ0v) is 17.8. The van der Waals surface area contributed by atoms with Crippen molar-refractivity contribution in [3.05, 3.63) is 46.5 Å². The van der Waals surface area contributed by atoms with Crippen LogP contribution in [0.5, 0.6) is 11.5 Å². The molecule has 0 heterocycles. The lowest BCUT2D eigenvalue weighted by Crippen LogP contribution is -2.28. The zero-order chi connectivity index (χ0) is 23.4. The maximum Gasteiger partial charge on any atom is 0.534 e. The summed E-state index contributed by atoms with van der Waals surface area (Å²) in [7, 11) is -4.38. The van der Waals surface area contributed by atoms with Gasteiger partial charge >= 0.3 is 15.6 Å². The van der Waals surface area contributed by atoms with Gasteiger partial charge in [-0.1, -0.05) is 6.92 Å². The summed E-state index contributed by atoms with van der Waals surface area (Å²) in [6, 6.07) is 10.4. The van der Waals surface area contributed by atoms with E-state index in [1.54, 1.807) is 19.1 Å². The molecule has 0 amide bonds. The molecule has 0 aliphatic carbocycles. The Morgan fingerprint density at radius 3 is 1.97 bits per heavy atom. The summed E-state index contributed by atoms with van der Waals surface area (Å²) in [5.41, 5.74) is -2.89. The van der Waals surface area contributed by atoms with Crippen molar-refractivity contribution >= 4 is 10.1 Å². The van der Waals surface area contributed by atoms with E-state index in [9.17, 15) is 32.1 Å². The Hall–Kier alpha value is -3.24. The molecule has 2 rings (SSSR count). The number of nitrogens with zero attached hydrogens (tertiary/aromatic N) is 2. The normalized spacial score (nSPS) is 11.5. The molecule has 0 radical (unpaired) electrons. The van der Waals surface area contributed by atoms with Crippen LogP contribution in [0.3, 0.4) is 0 Å². The van der Waals surface area contributed by atoms with E-state index in [2.05, 4.69) is 4.18 Å². The second kappa shape index (κ2) is 9.27. The van der Waals surface area contributed by atoms with Gasteiger partial charge < -0.3 is 8.92 Å². The molecule has 0 bridgehead atoms. The van der Waals surface area contributed by atoms with Gasteiger partial charge in [-0.2, -0.15) is 32.1 Å². The molecule has 6 nitrogen and oxygen atoms in total. The molecule has 0 atom stereocenters. The average molecular weight is 452 g/mol. The van der Waals surface area contributed by atoms with Crippen molar-refractivity contribution in [1.29, 1.82) is 10.5 Å². The third-order valence-electron chi connectivity index (χ3n) is 4.55. The molecule has 0 unspecified atom stereocenters. The van der Waals surface area contributed by atoms with Crippen molar-refractivity contribution in [3.63, 3.8) is 0 Å². The molecule has 0 saturated heterocycles. The highest BCUT2D eigenvalue weighted by Gasteiger charge is 2.49. The Bertz CT molecular complexity index is 1140. The maximum atomic E-state index is 12.8. The fraction of sp³-hybridized carbons (Fsp3) is 0.333. The Morgan fingerprint density at radius 2 is 1.55 bits per heavy atom. The lowest BCUT2D eigenvalue weighted by atomic mass is 9.89. The first-order valence-electron chi connectivity index (χ1n) is 9.07. The van der Waals surface area contributed by atoms with E-state index in [1.807, 2.05) is 12.1 Å². The molecule has 0 spiro atoms. The Labute approximate surface area is 178 Å². The van der Waals surface area contributed by atoms with Crippen LogP contribution >= 0.6 is 0 Å². The number of aryl methyl sites for hydroxylation is 2. The number of benzene rings is 2. The molecule has 0 N–H and O–H groups in total. The molecule has 0 saturated carbocycles. The van der Waals surface area contributed by atoms with Gasteiger partial charge in [0.25, 0.3) is 0 Å². The highest BCUT2D eigenvalue weighted by atomic mass is 32.2. The summed E-state index contributed by atoms with van der Waals surface area (Å²) < 4.78 is 71.1. The summed E-state index contributed by atoms with van der Waals surface area (Å²) in [6.45, 7) is 3.08. The second-order valence-corrected chi connectivity index (χ2v) is 8.15. The van der Waals surface area contributed by atoms with Crippen LogP contribution in [0.2, 0.25) is 0 Å². The number of alkyl halides is 3. The summed E-state index contributed by atoms with van der Waals surface area (Å²) in [5.74, 6) is 0.0728. The molecule has 2 aromatic rings. The number of halogens is 3. The quantitative estimate of drug-likeness (QED) is 0.450. The van der Waals surface area contributed by atoms with Crippen LogP contribution in [0, 0.1) is 29.6 Å². The number of methoxy groups -OCH3 is 1. The van der Waals surface area contributed by atoms with Crippen LogP contribution in [-0.2, 0) is 29.4 Å². The third kappa shape index (κ3) is 5.09. The molecule has 31 heavy (non-hydrogen) atoms. The van der Waals surface area contributed by atoms with Crippen molar-refractivity contribution in [2.75, 3.05) is 7.11 Å². The molecule has 0 aromatic heterocycles. The predicted molar refractivity (Wildman–Crippen MR) is 107 cm³/mol. The van der Waals surface area contributed by atoms with E-state index >= 15 is 0 Å². The van der Waals surface area contributed by atoms with Gasteiger partial charge in [0.2, 0.25) is 0 Å². The van der Waals surface area contributed by atoms with Crippen molar-refractivity contribution in [3.8, 4) is 34.8 Å². The molecule has 164 valence electrons. The molecule has 2 aromatic carbocycles. The molecule has 0 aliphatic rings. The number of hydrogen-bond donors (Lipinski definition) is 0. The number of nitriles is 2. The monoisotopic (exact) mass is 452 g/mol. The first-order valence-corrected chi connectivity index (χ1v) is 10.5. The largest absolute Gasteiger partial charge is 0.534 e. The van der Waals surface area contributed by atoms with E-state index in [0.717, 1.165) is 0 Å². The van der Waals surface area contributed by atoms with Crippen molar-refractivity contribution in [1.82, 2.24) is 0 Å². The fourth-order valence-electron chi connectivity index (χ4n) is 3.20. The molecule has 0 fully saturated rings. The van der Waals surface area contributed by atoms with Gasteiger partial charge in [0.1, 0.15) is 11.5 Å². The topological polar surface area (TPSA) is 100 Å². The van der Waals surface area contributed by atoms with E-state index in [1.165, 1.54) is 26.2 Å². The number of hydrogen-bond acceptors (Lipinski definition) is 6. The predicted octanol–water partition coefficient (Wildman–Crippen LogP) is 4.59. The van der Waals surface area contributed by atoms with Crippen molar-refractivity contribution in [2.24, 2.45) is 0 Å². The van der Waals surface area contributed by atoms with Gasteiger partial charge in [-0.05, 0) is 71.0 Å². The lowest BCUT2D eigenvalue weighted by molar-refractivity contribution is -0.0500. The number of ether oxygens (including phenoxy) is 1. The van der Waals surface area contributed by atoms with Crippen LogP contribution in [0.4, 0.5) is 13.2 Å². The fourth-order valence-corrected chi connectivity index (χ4v) is 3.76. The van der Waals surface area contributed by atoms with Gasteiger partial charge in [-0.15, -0.1) is 0 Å². The van der Waals surface area contributed by atoms with Crippen LogP contribution in [0.25, 0.3) is 11.1 Å². The van der Waals surface area contributed by atoms with E-state index in [0.29, 0.717) is 28.0 Å². The number of rotatable bonds is 7. The molecular formula is C21H19F3N2O4S. The third-order valence-corrected chi connectivity index (χ3v) is 5.50. The highest BCUT2D eigenvalue weighted by Crippen LogP contribution is 2.38. The summed E-state index contributed by atoms with van der Waals surface area (Å²) in [4.78, 5) is 0. The highest BCUT2D eigenvalue weighted by molar-refractivity contribution is 7.88. The van der Waals surface area contributed by atoms with Crippen molar-refractivity contribution < 1.29 is 30.5 Å². The van der Waals surface area contributed by atoms with Gasteiger partial charge in [-0.25, -0.2) is 0 Å². The van der Waals surface area contributed by atoms with E-state index in [4.69, 9.17) is 4.74 Å². The van der Waals surface area contributed by atoms with E-state index < -0.39 is 15.6 Å². The Kier molecular flexibility index (Phi) is 7.19. The average Bonchev–Trinajstić information content (AvgIpc) is 2.68. The second-order valence-electron chi connectivity index (χ2n) is 6.61. The first kappa shape index (κ1) is 24.0. The lowest BCUT2D eigenvalue weighted by Gasteiger charge is -2.19. The molecule has 10 heteroatoms. The Morgan fingerprint density at radius 1 is 1.00 bits per heavy atom. The molecule has 0 aliphatic heterocycles. The van der Waals surface area contributed by atoms with Gasteiger partial charge in [0.15, 0.2) is 0 Å². The molecular weight excluding hydrogens is 433 g/mol. The van der Waals surface area contributed by atoms with Crippen LogP contribution in [0.1, 0.15) is 29.2 Å². The van der Waals surface area contributed by atoms with Crippen molar-refractivity contribution in [2.45, 2.75) is 38.6 Å². The minimum atomic E-state index is -5.83. The van der Waals surface area contributed by atoms with Crippen LogP contribution in [0.15, 0.2) is 24.3 Å². The van der Waals surface area contributed by atoms with Gasteiger partial charge in [-0.3, -0.25) is 0 Å². The smallest absolute Gasteiger partial charge is 0.497 e. The maximum absolute atomic E-state index is 12.8. The zero-order valence-electron chi connectivity index (χ0n) is 17.0. The van der Waals surface area contributed by atoms with Gasteiger partial charge in [0.05, 0.1) is 32.1 Å². The van der Waals surface area contributed by atoms with Crippen LogP contribution in [-0.4, -0.2) is 21.0 Å². The van der Waals surface area contributed by atoms with E-state index in [-0.39, 0.29) is 36.1 Å². The minimum Gasteiger partial charge on any atom is -0.497 e. The summed E-state index contributed by atoms with van der Waals surface area (Å²) in [6.07, 6.45) is 0.201. The SMILES string of the molecule is CCc1cc(-c2c(CC#N)cc(OC)cc2CC#N)cc(C)c1OS(=O)(=O)C(F)(F)F. The van der Waals surface area contributed by atoms with Crippen LogP contribution < -0.4 is 8.92 Å². The standard InChI is InChI=1S/C21H19F3N2O4S/c1-4-14-10-17(9-13(2)20(14)30-31(27,28)21(22,23)24)19-15(5-7-25)11-18(29-3)12-16(19)6-8-26/h9-12H,4-6H2,1-3H3. The van der Waals surface area contributed by atoms with Gasteiger partial charge in [0, 0.05) is 0 Å². The minimum absolute atomic E-state index is 0.00612. The summed E-state index contributed by atoms with van der Waals surface area (Å²) in [5, 5.41) is 18.5. The summed E-state index contributed by atoms with van der Waals surface area (Å²) >= 11 is 0.